The van der Waals surface area contributed by atoms with E-state index in [9.17, 15) is 28.8 Å². The number of ether oxygens (including phenoxy) is 2. The lowest BCUT2D eigenvalue weighted by Gasteiger charge is -2.22. The first kappa shape index (κ1) is 52.7. The fraction of sp³-hybridized carbons (Fsp3) is 0.755. The van der Waals surface area contributed by atoms with E-state index in [1.54, 1.807) is 0 Å². The zero-order valence-electron chi connectivity index (χ0n) is 38.2. The molecule has 9 nitrogen and oxygen atoms in total. The highest BCUT2D eigenvalue weighted by Gasteiger charge is 2.30. The fourth-order valence-electron chi connectivity index (χ4n) is 7.95. The van der Waals surface area contributed by atoms with Crippen LogP contribution in [-0.2, 0) is 38.2 Å². The van der Waals surface area contributed by atoms with Gasteiger partial charge in [-0.15, -0.1) is 0 Å². The van der Waals surface area contributed by atoms with E-state index in [4.69, 9.17) is 9.47 Å². The molecule has 0 unspecified atom stereocenters. The van der Waals surface area contributed by atoms with Crippen molar-refractivity contribution in [1.29, 1.82) is 0 Å². The van der Waals surface area contributed by atoms with Gasteiger partial charge in [-0.3, -0.25) is 19.2 Å². The Labute approximate surface area is 352 Å². The molecule has 0 bridgehead atoms. The average Bonchev–Trinajstić information content (AvgIpc) is 3.13. The Morgan fingerprint density at radius 2 is 0.793 bits per heavy atom. The van der Waals surface area contributed by atoms with Crippen molar-refractivity contribution in [2.75, 3.05) is 0 Å². The van der Waals surface area contributed by atoms with Crippen LogP contribution in [0.2, 0.25) is 0 Å². The van der Waals surface area contributed by atoms with E-state index in [1.165, 1.54) is 89.9 Å². The van der Waals surface area contributed by atoms with E-state index in [-0.39, 0.29) is 41.5 Å². The lowest BCUT2D eigenvalue weighted by atomic mass is 9.93. The zero-order valence-corrected chi connectivity index (χ0v) is 38.2. The minimum Gasteiger partial charge on any atom is -0.459 e. The monoisotopic (exact) mass is 812 g/mol. The van der Waals surface area contributed by atoms with E-state index in [0.717, 1.165) is 55.2 Å². The van der Waals surface area contributed by atoms with E-state index >= 15 is 0 Å². The molecule has 0 aromatic heterocycles. The number of Topliss-reactive ketones (excluding diaryl/α,β-unsaturated/α-hetero) is 3. The second kappa shape index (κ2) is 30.6. The summed E-state index contributed by atoms with van der Waals surface area (Å²) in [6.45, 7) is 17.7. The van der Waals surface area contributed by atoms with E-state index < -0.39 is 11.9 Å². The summed E-state index contributed by atoms with van der Waals surface area (Å²) in [5, 5.41) is 2.78. The van der Waals surface area contributed by atoms with Crippen molar-refractivity contribution in [2.45, 2.75) is 241 Å². The molecule has 3 rings (SSSR count). The molecule has 3 atom stereocenters. The Bertz CT molecular complexity index is 1340. The molecular weight excluding hydrogens is 731 g/mol. The Kier molecular flexibility index (Phi) is 27.8. The predicted molar refractivity (Wildman–Crippen MR) is 234 cm³/mol. The molecule has 0 aliphatic carbocycles. The topological polar surface area (TPSA) is 133 Å². The van der Waals surface area contributed by atoms with Crippen molar-refractivity contribution in [3.63, 3.8) is 0 Å². The molecule has 330 valence electrons. The smallest absolute Gasteiger partial charge is 0.341 e. The number of esters is 2. The van der Waals surface area contributed by atoms with Gasteiger partial charge in [0.05, 0.1) is 5.57 Å². The number of amides is 1. The van der Waals surface area contributed by atoms with Crippen molar-refractivity contribution in [3.05, 3.63) is 33.4 Å². The SMILES string of the molecule is CCCC(=O)C1=C(C)C[C@H](C)NC1=O.CCCCCCCCCCCC(=O)C1=C(C)C[C@@H](C)OC1=O.CCCCCCCCCCCC(=O)C1=C(C)C[C@H](C)OC1=O. The molecule has 0 radical (unpaired) electrons. The Balaban J connectivity index is 0.000000447. The quantitative estimate of drug-likeness (QED) is 0.0547. The maximum atomic E-state index is 12.2. The predicted octanol–water partition coefficient (Wildman–Crippen LogP) is 11.8. The number of carbonyl (C=O) groups excluding carboxylic acids is 6. The van der Waals surface area contributed by atoms with E-state index in [1.807, 2.05) is 48.5 Å². The average molecular weight is 812 g/mol. The zero-order chi connectivity index (χ0) is 43.5. The van der Waals surface area contributed by atoms with E-state index in [0.29, 0.717) is 48.8 Å². The van der Waals surface area contributed by atoms with Crippen LogP contribution in [0.3, 0.4) is 0 Å². The number of unbranched alkanes of at least 4 members (excludes halogenated alkanes) is 16. The molecule has 0 fully saturated rings. The summed E-state index contributed by atoms with van der Waals surface area (Å²) in [7, 11) is 0. The number of ketones is 3. The summed E-state index contributed by atoms with van der Waals surface area (Å²) in [4.78, 5) is 71.1. The van der Waals surface area contributed by atoms with Gasteiger partial charge in [0, 0.05) is 38.1 Å². The Morgan fingerprint density at radius 3 is 1.12 bits per heavy atom. The van der Waals surface area contributed by atoms with Crippen molar-refractivity contribution in [1.82, 2.24) is 5.32 Å². The van der Waals surface area contributed by atoms with Crippen LogP contribution >= 0.6 is 0 Å². The van der Waals surface area contributed by atoms with Crippen molar-refractivity contribution >= 4 is 35.2 Å². The molecule has 0 saturated heterocycles. The van der Waals surface area contributed by atoms with Gasteiger partial charge in [-0.25, -0.2) is 9.59 Å². The molecule has 0 aromatic carbocycles. The van der Waals surface area contributed by atoms with Crippen molar-refractivity contribution in [3.8, 4) is 0 Å². The molecule has 0 aromatic rings. The van der Waals surface area contributed by atoms with Crippen LogP contribution in [0.1, 0.15) is 223 Å². The highest BCUT2D eigenvalue weighted by Crippen LogP contribution is 2.25. The second-order valence-corrected chi connectivity index (χ2v) is 17.1. The molecule has 3 heterocycles. The van der Waals surface area contributed by atoms with Gasteiger partial charge in [0.15, 0.2) is 17.3 Å². The molecule has 3 aliphatic heterocycles. The summed E-state index contributed by atoms with van der Waals surface area (Å²) in [6.07, 6.45) is 26.3. The normalized spacial score (nSPS) is 19.4. The molecular formula is C49H81NO8. The first-order valence-electron chi connectivity index (χ1n) is 23.1. The third kappa shape index (κ3) is 21.1. The van der Waals surface area contributed by atoms with Gasteiger partial charge in [0.1, 0.15) is 23.4 Å². The lowest BCUT2D eigenvalue weighted by molar-refractivity contribution is -0.147. The van der Waals surface area contributed by atoms with Crippen LogP contribution in [0.4, 0.5) is 0 Å². The Hall–Kier alpha value is -3.36. The lowest BCUT2D eigenvalue weighted by Crippen LogP contribution is -2.40. The minimum atomic E-state index is -0.419. The van der Waals surface area contributed by atoms with Crippen LogP contribution in [0.5, 0.6) is 0 Å². The van der Waals surface area contributed by atoms with Crippen LogP contribution in [0, 0.1) is 0 Å². The second-order valence-electron chi connectivity index (χ2n) is 17.1. The van der Waals surface area contributed by atoms with Gasteiger partial charge in [-0.2, -0.15) is 0 Å². The molecule has 1 N–H and O–H groups in total. The number of cyclic esters (lactones) is 2. The molecule has 1 amide bonds. The maximum absolute atomic E-state index is 12.2. The standard InChI is InChI=1S/2C19H32O3.C11H17NO2/c2*1-4-5-6-7-8-9-10-11-12-13-17(20)18-15(2)14-16(3)22-19(18)21;1-4-5-9(13)10-7(2)6-8(3)12-11(10)14/h2*16H,4-14H2,1-3H3;8H,4-6H2,1-3H3,(H,12,14)/t2*16-;8-/m100/s1. The van der Waals surface area contributed by atoms with Gasteiger partial charge >= 0.3 is 11.9 Å². The molecule has 0 spiro atoms. The Morgan fingerprint density at radius 1 is 0.466 bits per heavy atom. The van der Waals surface area contributed by atoms with Crippen LogP contribution in [0.25, 0.3) is 0 Å². The van der Waals surface area contributed by atoms with Gasteiger partial charge in [0.25, 0.3) is 5.91 Å². The number of hydrogen-bond acceptors (Lipinski definition) is 8. The highest BCUT2D eigenvalue weighted by atomic mass is 16.5. The largest absolute Gasteiger partial charge is 0.459 e. The number of carbonyl (C=O) groups is 6. The van der Waals surface area contributed by atoms with Crippen molar-refractivity contribution < 1.29 is 38.2 Å². The summed E-state index contributed by atoms with van der Waals surface area (Å²) < 4.78 is 10.3. The van der Waals surface area contributed by atoms with Crippen LogP contribution < -0.4 is 5.32 Å². The molecule has 58 heavy (non-hydrogen) atoms. The molecule has 3 aliphatic rings. The third-order valence-corrected chi connectivity index (χ3v) is 11.0. The third-order valence-electron chi connectivity index (χ3n) is 11.0. The molecule has 0 saturated carbocycles. The number of nitrogens with one attached hydrogen (secondary N) is 1. The van der Waals surface area contributed by atoms with Gasteiger partial charge in [0.2, 0.25) is 0 Å². The minimum absolute atomic E-state index is 0.0191. The van der Waals surface area contributed by atoms with Crippen molar-refractivity contribution in [2.24, 2.45) is 0 Å². The van der Waals surface area contributed by atoms with Gasteiger partial charge in [-0.1, -0.05) is 140 Å². The first-order chi connectivity index (χ1) is 27.7. The number of hydrogen-bond donors (Lipinski definition) is 1. The van der Waals surface area contributed by atoms with Crippen LogP contribution in [-0.4, -0.2) is 53.4 Å². The number of rotatable bonds is 25. The summed E-state index contributed by atoms with van der Waals surface area (Å²) >= 11 is 0. The first-order valence-corrected chi connectivity index (χ1v) is 23.1. The summed E-state index contributed by atoms with van der Waals surface area (Å²) in [6, 6.07) is 0.153. The van der Waals surface area contributed by atoms with Gasteiger partial charge < -0.3 is 14.8 Å². The van der Waals surface area contributed by atoms with Gasteiger partial charge in [-0.05, 0) is 67.2 Å². The van der Waals surface area contributed by atoms with E-state index in [2.05, 4.69) is 19.2 Å². The fourth-order valence-corrected chi connectivity index (χ4v) is 7.95. The maximum Gasteiger partial charge on any atom is 0.341 e. The highest BCUT2D eigenvalue weighted by molar-refractivity contribution is 6.20. The molecule has 9 heteroatoms. The summed E-state index contributed by atoms with van der Waals surface area (Å²) in [5.41, 5.74) is 3.74. The summed E-state index contributed by atoms with van der Waals surface area (Å²) in [5.74, 6) is -1.11. The van der Waals surface area contributed by atoms with Crippen LogP contribution in [0.15, 0.2) is 33.4 Å².